The molecular formula is C6H16NO2Po2+. The fraction of sp³-hybridized carbons (Fsp3) is 0.500. The van der Waals surface area contributed by atoms with Crippen LogP contribution in [0.2, 0.25) is 0 Å². The van der Waals surface area contributed by atoms with Crippen molar-refractivity contribution in [2.75, 3.05) is 13.6 Å². The SMILES string of the molecule is C=CC[N+](C)=CC(O)O.[PoH2].[PoH2]. The van der Waals surface area contributed by atoms with Crippen LogP contribution < -0.4 is 0 Å². The second-order valence-corrected chi connectivity index (χ2v) is 1.79. The van der Waals surface area contributed by atoms with Gasteiger partial charge in [0.15, 0.2) is 12.8 Å². The zero-order valence-electron chi connectivity index (χ0n) is 6.49. The van der Waals surface area contributed by atoms with Crippen molar-refractivity contribution in [1.29, 1.82) is 0 Å². The average molecular weight is 552 g/mol. The van der Waals surface area contributed by atoms with E-state index in [1.54, 1.807) is 17.7 Å². The first-order valence-electron chi connectivity index (χ1n) is 2.69. The van der Waals surface area contributed by atoms with Crippen LogP contribution in [0.15, 0.2) is 12.7 Å². The van der Waals surface area contributed by atoms with Crippen LogP contribution in [0.3, 0.4) is 0 Å². The third-order valence-electron chi connectivity index (χ3n) is 0.805. The molecule has 0 rings (SSSR count). The van der Waals surface area contributed by atoms with Crippen molar-refractivity contribution < 1.29 is 14.8 Å². The summed E-state index contributed by atoms with van der Waals surface area (Å²) in [5.74, 6) is 0. The number of nitrogens with zero attached hydrogens (tertiary/aromatic N) is 1. The molecule has 0 aliphatic rings. The van der Waals surface area contributed by atoms with E-state index in [0.29, 0.717) is 6.54 Å². The Labute approximate surface area is 106 Å². The van der Waals surface area contributed by atoms with E-state index in [2.05, 4.69) is 6.58 Å². The van der Waals surface area contributed by atoms with Gasteiger partial charge in [-0.25, -0.2) is 4.58 Å². The van der Waals surface area contributed by atoms with E-state index in [9.17, 15) is 0 Å². The molecule has 0 saturated heterocycles. The molecule has 0 atom stereocenters. The van der Waals surface area contributed by atoms with E-state index < -0.39 is 6.29 Å². The Bertz CT molecular complexity index is 126. The van der Waals surface area contributed by atoms with E-state index >= 15 is 0 Å². The van der Waals surface area contributed by atoms with E-state index in [0.717, 1.165) is 0 Å². The molecule has 2 N–H and O–H groups in total. The van der Waals surface area contributed by atoms with E-state index in [1.165, 1.54) is 6.21 Å². The van der Waals surface area contributed by atoms with Crippen LogP contribution in [0.4, 0.5) is 0 Å². The summed E-state index contributed by atoms with van der Waals surface area (Å²) in [7, 11) is 1.74. The molecule has 0 heterocycles. The fourth-order valence-electron chi connectivity index (χ4n) is 0.492. The summed E-state index contributed by atoms with van der Waals surface area (Å²) in [6, 6.07) is 0. The van der Waals surface area contributed by atoms with Gasteiger partial charge in [0.2, 0.25) is 6.29 Å². The molecule has 0 aliphatic heterocycles. The van der Waals surface area contributed by atoms with Gasteiger partial charge < -0.3 is 10.2 Å². The van der Waals surface area contributed by atoms with E-state index in [-0.39, 0.29) is 53.1 Å². The number of likely N-dealkylation sites (N-methyl/N-ethyl adjacent to an activating group) is 1. The molecule has 0 saturated carbocycles. The average Bonchev–Trinajstić information content (AvgIpc) is 1.63. The van der Waals surface area contributed by atoms with Gasteiger partial charge in [-0.15, -0.1) is 0 Å². The van der Waals surface area contributed by atoms with Gasteiger partial charge in [0.05, 0.1) is 0 Å². The molecular weight excluding hydrogens is 536 g/mol. The van der Waals surface area contributed by atoms with Crippen molar-refractivity contribution >= 4 is 59.3 Å². The molecule has 0 aromatic carbocycles. The number of aliphatic hydroxyl groups excluding tert-OH is 1. The van der Waals surface area contributed by atoms with Gasteiger partial charge in [-0.2, -0.15) is 0 Å². The van der Waals surface area contributed by atoms with Crippen LogP contribution in [-0.2, 0) is 0 Å². The molecule has 0 aromatic heterocycles. The normalized spacial score (nSPS) is 10.0. The third-order valence-corrected chi connectivity index (χ3v) is 0.805. The molecule has 0 fully saturated rings. The maximum absolute atomic E-state index is 8.37. The minimum atomic E-state index is -1.37. The van der Waals surface area contributed by atoms with Gasteiger partial charge in [-0.3, -0.25) is 0 Å². The molecule has 11 heavy (non-hydrogen) atoms. The van der Waals surface area contributed by atoms with Crippen molar-refractivity contribution in [3.05, 3.63) is 12.7 Å². The number of aliphatic hydroxyl groups is 2. The maximum atomic E-state index is 8.37. The third kappa shape index (κ3) is 14.0. The number of hydrogen-bond donors (Lipinski definition) is 2. The van der Waals surface area contributed by atoms with E-state index in [1.807, 2.05) is 0 Å². The Morgan fingerprint density at radius 2 is 1.91 bits per heavy atom. The van der Waals surface area contributed by atoms with Crippen LogP contribution >= 0.6 is 0 Å². The molecule has 0 bridgehead atoms. The van der Waals surface area contributed by atoms with Gasteiger partial charge in [0, 0.05) is 0 Å². The molecule has 68 valence electrons. The van der Waals surface area contributed by atoms with Crippen molar-refractivity contribution in [2.45, 2.75) is 6.29 Å². The van der Waals surface area contributed by atoms with Crippen LogP contribution in [-0.4, -0.2) is 94.0 Å². The molecule has 3 nitrogen and oxygen atoms in total. The molecule has 5 heteroatoms. The fourth-order valence-corrected chi connectivity index (χ4v) is 0.492. The Balaban J connectivity index is -0.000000320. The van der Waals surface area contributed by atoms with Crippen LogP contribution in [0.25, 0.3) is 0 Å². The minimum absolute atomic E-state index is 0. The predicted octanol–water partition coefficient (Wildman–Crippen LogP) is -2.64. The van der Waals surface area contributed by atoms with Crippen molar-refractivity contribution in [3.63, 3.8) is 0 Å². The van der Waals surface area contributed by atoms with E-state index in [4.69, 9.17) is 10.2 Å². The summed E-state index contributed by atoms with van der Waals surface area (Å²) in [4.78, 5) is 0. The molecule has 0 aromatic rings. The summed E-state index contributed by atoms with van der Waals surface area (Å²) < 4.78 is 1.64. The predicted molar refractivity (Wildman–Crippen MR) is 52.6 cm³/mol. The Kier molecular flexibility index (Phi) is 18.2. The summed E-state index contributed by atoms with van der Waals surface area (Å²) in [5, 5.41) is 16.7. The molecule has 0 spiro atoms. The molecule has 0 unspecified atom stereocenters. The Morgan fingerprint density at radius 1 is 1.45 bits per heavy atom. The second-order valence-electron chi connectivity index (χ2n) is 1.79. The second kappa shape index (κ2) is 11.1. The number of hydrogen-bond acceptors (Lipinski definition) is 2. The van der Waals surface area contributed by atoms with Gasteiger partial charge in [0.25, 0.3) is 0 Å². The molecule has 0 amide bonds. The van der Waals surface area contributed by atoms with Crippen molar-refractivity contribution in [2.24, 2.45) is 0 Å². The summed E-state index contributed by atoms with van der Waals surface area (Å²) in [5.41, 5.74) is 0. The van der Waals surface area contributed by atoms with Gasteiger partial charge in [-0.1, -0.05) is 6.58 Å². The van der Waals surface area contributed by atoms with Crippen LogP contribution in [0.5, 0.6) is 0 Å². The first kappa shape index (κ1) is 18.0. The quantitative estimate of drug-likeness (QED) is 0.174. The summed E-state index contributed by atoms with van der Waals surface area (Å²) >= 11 is 0. The first-order valence-corrected chi connectivity index (χ1v) is 2.69. The Hall–Kier alpha value is 1.12. The van der Waals surface area contributed by atoms with Gasteiger partial charge in [-0.05, 0) is 6.08 Å². The van der Waals surface area contributed by atoms with Gasteiger partial charge >= 0.3 is 53.1 Å². The van der Waals surface area contributed by atoms with Crippen molar-refractivity contribution in [1.82, 2.24) is 0 Å². The van der Waals surface area contributed by atoms with Crippen molar-refractivity contribution in [3.8, 4) is 0 Å². The zero-order chi connectivity index (χ0) is 7.28. The topological polar surface area (TPSA) is 43.5 Å². The Morgan fingerprint density at radius 3 is 2.18 bits per heavy atom. The monoisotopic (exact) mass is 552 g/mol. The van der Waals surface area contributed by atoms with Crippen LogP contribution in [0, 0.1) is 0 Å². The standard InChI is InChI=1S/C6H12NO2.2Po.4H/c1-3-4-7(2)5-6(8)9;;;;;;/h3,5-6,8-9H,1,4H2,2H3;;;;;;/q+1;;;;;;. The zero-order valence-corrected chi connectivity index (χ0v) is 14.3. The summed E-state index contributed by atoms with van der Waals surface area (Å²) in [6.45, 7) is 4.11. The summed E-state index contributed by atoms with van der Waals surface area (Å²) in [6.07, 6.45) is 1.61. The molecule has 0 radical (unpaired) electrons. The molecule has 0 aliphatic carbocycles. The van der Waals surface area contributed by atoms with Crippen LogP contribution in [0.1, 0.15) is 0 Å². The first-order chi connectivity index (χ1) is 4.16. The number of rotatable bonds is 3. The van der Waals surface area contributed by atoms with Gasteiger partial charge in [0.1, 0.15) is 7.05 Å².